The van der Waals surface area contributed by atoms with Crippen LogP contribution in [0.4, 0.5) is 4.39 Å². The van der Waals surface area contributed by atoms with Crippen LogP contribution in [0.3, 0.4) is 0 Å². The molecule has 0 saturated carbocycles. The van der Waals surface area contributed by atoms with E-state index in [0.29, 0.717) is 12.1 Å². The summed E-state index contributed by atoms with van der Waals surface area (Å²) in [6.45, 7) is 3.39. The molecule has 1 rings (SSSR count). The molecule has 1 aromatic rings. The van der Waals surface area contributed by atoms with Crippen LogP contribution in [-0.4, -0.2) is 6.54 Å². The number of rotatable bonds is 4. The van der Waals surface area contributed by atoms with Crippen LogP contribution in [0.5, 0.6) is 0 Å². The Labute approximate surface area is 83.4 Å². The fraction of sp³-hybridized carbons (Fsp3) is 0.364. The second-order valence-corrected chi connectivity index (χ2v) is 3.07. The normalized spacial score (nSPS) is 9.79. The van der Waals surface area contributed by atoms with Gasteiger partial charge in [0.25, 0.3) is 0 Å². The summed E-state index contributed by atoms with van der Waals surface area (Å²) < 4.78 is 13.4. The maximum Gasteiger partial charge on any atom is 0.145 e. The first-order valence-corrected chi connectivity index (χ1v) is 4.67. The third-order valence-electron chi connectivity index (χ3n) is 1.94. The number of hydrogen-bond acceptors (Lipinski definition) is 2. The van der Waals surface area contributed by atoms with Gasteiger partial charge in [0.15, 0.2) is 0 Å². The average molecular weight is 192 g/mol. The fourth-order valence-corrected chi connectivity index (χ4v) is 1.20. The summed E-state index contributed by atoms with van der Waals surface area (Å²) in [5.41, 5.74) is 0.665. The molecule has 0 unspecified atom stereocenters. The number of nitriles is 1. The summed E-state index contributed by atoms with van der Waals surface area (Å²) in [5.74, 6) is -0.404. The smallest absolute Gasteiger partial charge is 0.145 e. The van der Waals surface area contributed by atoms with Gasteiger partial charge in [-0.05, 0) is 19.0 Å². The van der Waals surface area contributed by atoms with E-state index in [2.05, 4.69) is 12.2 Å². The third-order valence-corrected chi connectivity index (χ3v) is 1.94. The number of benzene rings is 1. The van der Waals surface area contributed by atoms with E-state index in [0.717, 1.165) is 13.0 Å². The highest BCUT2D eigenvalue weighted by atomic mass is 19.1. The molecule has 0 radical (unpaired) electrons. The number of nitrogens with one attached hydrogen (secondary N) is 1. The SMILES string of the molecule is CCCNCc1cccc(C#N)c1F. The minimum atomic E-state index is -0.404. The zero-order valence-corrected chi connectivity index (χ0v) is 8.18. The van der Waals surface area contributed by atoms with Gasteiger partial charge in [-0.15, -0.1) is 0 Å². The van der Waals surface area contributed by atoms with Crippen LogP contribution in [0, 0.1) is 17.1 Å². The second kappa shape index (κ2) is 5.36. The third kappa shape index (κ3) is 2.54. The van der Waals surface area contributed by atoms with Crippen molar-refractivity contribution in [3.8, 4) is 6.07 Å². The van der Waals surface area contributed by atoms with E-state index in [1.807, 2.05) is 6.07 Å². The van der Waals surface area contributed by atoms with Crippen molar-refractivity contribution >= 4 is 0 Å². The van der Waals surface area contributed by atoms with Crippen molar-refractivity contribution < 1.29 is 4.39 Å². The quantitative estimate of drug-likeness (QED) is 0.742. The molecule has 0 heterocycles. The monoisotopic (exact) mass is 192 g/mol. The highest BCUT2D eigenvalue weighted by molar-refractivity contribution is 5.34. The summed E-state index contributed by atoms with van der Waals surface area (Å²) in [5, 5.41) is 11.7. The molecule has 1 aromatic carbocycles. The molecule has 0 spiro atoms. The van der Waals surface area contributed by atoms with E-state index in [1.165, 1.54) is 6.07 Å². The van der Waals surface area contributed by atoms with Crippen molar-refractivity contribution in [2.75, 3.05) is 6.54 Å². The molecule has 0 saturated heterocycles. The van der Waals surface area contributed by atoms with Gasteiger partial charge in [0, 0.05) is 12.1 Å². The van der Waals surface area contributed by atoms with Crippen LogP contribution in [0.15, 0.2) is 18.2 Å². The van der Waals surface area contributed by atoms with E-state index in [1.54, 1.807) is 12.1 Å². The molecule has 0 atom stereocenters. The lowest BCUT2D eigenvalue weighted by atomic mass is 10.1. The summed E-state index contributed by atoms with van der Waals surface area (Å²) in [6.07, 6.45) is 1.01. The van der Waals surface area contributed by atoms with Crippen LogP contribution in [0.25, 0.3) is 0 Å². The highest BCUT2D eigenvalue weighted by Crippen LogP contribution is 2.11. The van der Waals surface area contributed by atoms with Gasteiger partial charge in [-0.25, -0.2) is 4.39 Å². The molecule has 74 valence electrons. The first-order valence-electron chi connectivity index (χ1n) is 4.67. The molecule has 0 aromatic heterocycles. The van der Waals surface area contributed by atoms with Gasteiger partial charge in [0.1, 0.15) is 11.9 Å². The number of nitrogens with zero attached hydrogens (tertiary/aromatic N) is 1. The largest absolute Gasteiger partial charge is 0.313 e. The van der Waals surface area contributed by atoms with E-state index in [-0.39, 0.29) is 5.56 Å². The molecular formula is C11H13FN2. The molecule has 0 fully saturated rings. The summed E-state index contributed by atoms with van der Waals surface area (Å²) >= 11 is 0. The molecule has 0 aliphatic carbocycles. The summed E-state index contributed by atoms with van der Waals surface area (Å²) in [4.78, 5) is 0. The molecule has 14 heavy (non-hydrogen) atoms. The van der Waals surface area contributed by atoms with Crippen LogP contribution in [-0.2, 0) is 6.54 Å². The second-order valence-electron chi connectivity index (χ2n) is 3.07. The first-order chi connectivity index (χ1) is 6.79. The maximum absolute atomic E-state index is 13.4. The van der Waals surface area contributed by atoms with Crippen molar-refractivity contribution in [1.29, 1.82) is 5.26 Å². The molecule has 3 heteroatoms. The Balaban J connectivity index is 2.73. The highest BCUT2D eigenvalue weighted by Gasteiger charge is 2.05. The van der Waals surface area contributed by atoms with Crippen molar-refractivity contribution in [2.24, 2.45) is 0 Å². The lowest BCUT2D eigenvalue weighted by molar-refractivity contribution is 0.583. The Morgan fingerprint density at radius 3 is 2.93 bits per heavy atom. The fourth-order valence-electron chi connectivity index (χ4n) is 1.20. The molecule has 1 N–H and O–H groups in total. The first kappa shape index (κ1) is 10.7. The minimum Gasteiger partial charge on any atom is -0.313 e. The lowest BCUT2D eigenvalue weighted by Crippen LogP contribution is -2.15. The average Bonchev–Trinajstić information content (AvgIpc) is 2.21. The van der Waals surface area contributed by atoms with Gasteiger partial charge in [0.2, 0.25) is 0 Å². The van der Waals surface area contributed by atoms with E-state index in [4.69, 9.17) is 5.26 Å². The zero-order chi connectivity index (χ0) is 10.4. The number of hydrogen-bond donors (Lipinski definition) is 1. The van der Waals surface area contributed by atoms with Crippen molar-refractivity contribution in [2.45, 2.75) is 19.9 Å². The Hall–Kier alpha value is -1.40. The summed E-state index contributed by atoms with van der Waals surface area (Å²) in [6, 6.07) is 6.70. The predicted molar refractivity (Wildman–Crippen MR) is 53.1 cm³/mol. The number of halogens is 1. The van der Waals surface area contributed by atoms with Gasteiger partial charge in [-0.3, -0.25) is 0 Å². The van der Waals surface area contributed by atoms with Crippen LogP contribution >= 0.6 is 0 Å². The Bertz CT molecular complexity index is 342. The van der Waals surface area contributed by atoms with E-state index in [9.17, 15) is 4.39 Å². The van der Waals surface area contributed by atoms with E-state index < -0.39 is 5.82 Å². The molecule has 0 aliphatic rings. The topological polar surface area (TPSA) is 35.8 Å². The molecule has 0 aliphatic heterocycles. The van der Waals surface area contributed by atoms with Gasteiger partial charge >= 0.3 is 0 Å². The van der Waals surface area contributed by atoms with Gasteiger partial charge in [-0.1, -0.05) is 19.1 Å². The molecule has 0 amide bonds. The summed E-state index contributed by atoms with van der Waals surface area (Å²) in [7, 11) is 0. The van der Waals surface area contributed by atoms with Crippen LogP contribution < -0.4 is 5.32 Å². The van der Waals surface area contributed by atoms with Crippen molar-refractivity contribution in [3.05, 3.63) is 35.1 Å². The van der Waals surface area contributed by atoms with Gasteiger partial charge in [0.05, 0.1) is 5.56 Å². The Kier molecular flexibility index (Phi) is 4.09. The van der Waals surface area contributed by atoms with Crippen molar-refractivity contribution in [1.82, 2.24) is 5.32 Å². The molecular weight excluding hydrogens is 179 g/mol. The standard InChI is InChI=1S/C11H13FN2/c1-2-6-14-8-10-5-3-4-9(7-13)11(10)12/h3-5,14H,2,6,8H2,1H3. The van der Waals surface area contributed by atoms with Gasteiger partial charge < -0.3 is 5.32 Å². The zero-order valence-electron chi connectivity index (χ0n) is 8.18. The van der Waals surface area contributed by atoms with Crippen LogP contribution in [0.1, 0.15) is 24.5 Å². The van der Waals surface area contributed by atoms with E-state index >= 15 is 0 Å². The van der Waals surface area contributed by atoms with Gasteiger partial charge in [-0.2, -0.15) is 5.26 Å². The minimum absolute atomic E-state index is 0.112. The lowest BCUT2D eigenvalue weighted by Gasteiger charge is -2.05. The van der Waals surface area contributed by atoms with Crippen LogP contribution in [0.2, 0.25) is 0 Å². The predicted octanol–water partition coefficient (Wildman–Crippen LogP) is 2.20. The molecule has 2 nitrogen and oxygen atoms in total. The van der Waals surface area contributed by atoms with Crippen molar-refractivity contribution in [3.63, 3.8) is 0 Å². The Morgan fingerprint density at radius 2 is 2.29 bits per heavy atom. The molecule has 0 bridgehead atoms. The Morgan fingerprint density at radius 1 is 1.50 bits per heavy atom. The maximum atomic E-state index is 13.4.